The number of carbonyl (C=O) groups is 3. The van der Waals surface area contributed by atoms with Gasteiger partial charge in [0.15, 0.2) is 0 Å². The molecular formula is C15H19N3O3. The minimum atomic E-state index is -0.653. The average molecular weight is 289 g/mol. The van der Waals surface area contributed by atoms with E-state index < -0.39 is 11.9 Å². The molecule has 2 rings (SSSR count). The molecule has 6 heteroatoms. The molecule has 6 nitrogen and oxygen atoms in total. The molecule has 112 valence electrons. The van der Waals surface area contributed by atoms with Crippen molar-refractivity contribution in [1.29, 1.82) is 0 Å². The number of piperidine rings is 1. The first-order valence-electron chi connectivity index (χ1n) is 6.98. The van der Waals surface area contributed by atoms with E-state index in [-0.39, 0.29) is 12.3 Å². The lowest BCUT2D eigenvalue weighted by Crippen LogP contribution is -2.52. The standard InChI is InChI=1S/C15H19N3O3/c1-3-10-4-5-12(11(8-10)16-2)18(9-19)13-6-7-14(20)17-15(13)21/h4-5,8-9,13,16H,3,6-7H2,1-2H3,(H,17,20,21). The van der Waals surface area contributed by atoms with Crippen molar-refractivity contribution < 1.29 is 14.4 Å². The Balaban J connectivity index is 2.35. The predicted octanol–water partition coefficient (Wildman–Crippen LogP) is 1.06. The number of amides is 3. The lowest BCUT2D eigenvalue weighted by atomic mass is 10.0. The zero-order valence-corrected chi connectivity index (χ0v) is 12.2. The van der Waals surface area contributed by atoms with E-state index in [1.54, 1.807) is 7.05 Å². The third-order valence-corrected chi connectivity index (χ3v) is 3.68. The van der Waals surface area contributed by atoms with Gasteiger partial charge in [0.05, 0.1) is 11.4 Å². The van der Waals surface area contributed by atoms with Gasteiger partial charge >= 0.3 is 0 Å². The zero-order valence-electron chi connectivity index (χ0n) is 12.2. The van der Waals surface area contributed by atoms with E-state index in [4.69, 9.17) is 0 Å². The largest absolute Gasteiger partial charge is 0.386 e. The zero-order chi connectivity index (χ0) is 15.4. The summed E-state index contributed by atoms with van der Waals surface area (Å²) in [6, 6.07) is 5.05. The lowest BCUT2D eigenvalue weighted by molar-refractivity contribution is -0.134. The van der Waals surface area contributed by atoms with Crippen LogP contribution in [0.15, 0.2) is 18.2 Å². The highest BCUT2D eigenvalue weighted by atomic mass is 16.2. The molecule has 0 radical (unpaired) electrons. The van der Waals surface area contributed by atoms with Crippen LogP contribution in [0.5, 0.6) is 0 Å². The van der Waals surface area contributed by atoms with Crippen LogP contribution >= 0.6 is 0 Å². The van der Waals surface area contributed by atoms with E-state index in [2.05, 4.69) is 10.6 Å². The maximum absolute atomic E-state index is 11.9. The van der Waals surface area contributed by atoms with Crippen LogP contribution in [-0.4, -0.2) is 31.3 Å². The van der Waals surface area contributed by atoms with Gasteiger partial charge in [-0.15, -0.1) is 0 Å². The predicted molar refractivity (Wildman–Crippen MR) is 80.1 cm³/mol. The molecule has 21 heavy (non-hydrogen) atoms. The molecule has 0 spiro atoms. The molecular weight excluding hydrogens is 270 g/mol. The molecule has 0 aromatic heterocycles. The van der Waals surface area contributed by atoms with E-state index in [0.717, 1.165) is 17.7 Å². The number of hydrogen-bond acceptors (Lipinski definition) is 4. The van der Waals surface area contributed by atoms with E-state index in [1.165, 1.54) is 4.90 Å². The van der Waals surface area contributed by atoms with Gasteiger partial charge in [0.25, 0.3) is 0 Å². The SMILES string of the molecule is CCc1ccc(N(C=O)C2CCC(=O)NC2=O)c(NC)c1. The topological polar surface area (TPSA) is 78.5 Å². The molecule has 2 N–H and O–H groups in total. The van der Waals surface area contributed by atoms with Crippen molar-refractivity contribution in [2.75, 3.05) is 17.3 Å². The summed E-state index contributed by atoms with van der Waals surface area (Å²) < 4.78 is 0. The summed E-state index contributed by atoms with van der Waals surface area (Å²) in [5.41, 5.74) is 2.56. The molecule has 0 aliphatic carbocycles. The van der Waals surface area contributed by atoms with Gasteiger partial charge in [0, 0.05) is 13.5 Å². The number of anilines is 2. The van der Waals surface area contributed by atoms with E-state index >= 15 is 0 Å². The Morgan fingerprint density at radius 1 is 1.43 bits per heavy atom. The summed E-state index contributed by atoms with van der Waals surface area (Å²) in [7, 11) is 1.77. The minimum absolute atomic E-state index is 0.239. The van der Waals surface area contributed by atoms with Crippen LogP contribution in [0.3, 0.4) is 0 Å². The fraction of sp³-hybridized carbons (Fsp3) is 0.400. The highest BCUT2D eigenvalue weighted by molar-refractivity contribution is 6.04. The number of carbonyl (C=O) groups excluding carboxylic acids is 3. The molecule has 3 amide bonds. The first-order valence-corrected chi connectivity index (χ1v) is 6.98. The fourth-order valence-corrected chi connectivity index (χ4v) is 2.47. The second-order valence-corrected chi connectivity index (χ2v) is 4.93. The first kappa shape index (κ1) is 15.0. The first-order chi connectivity index (χ1) is 10.1. The highest BCUT2D eigenvalue weighted by Crippen LogP contribution is 2.29. The van der Waals surface area contributed by atoms with Gasteiger partial charge in [-0.3, -0.25) is 19.7 Å². The van der Waals surface area contributed by atoms with Crippen molar-refractivity contribution >= 4 is 29.6 Å². The Morgan fingerprint density at radius 3 is 2.76 bits per heavy atom. The Morgan fingerprint density at radius 2 is 2.19 bits per heavy atom. The Bertz CT molecular complexity index is 571. The van der Waals surface area contributed by atoms with E-state index in [0.29, 0.717) is 18.5 Å². The Kier molecular flexibility index (Phi) is 4.57. The monoisotopic (exact) mass is 289 g/mol. The average Bonchev–Trinajstić information content (AvgIpc) is 2.50. The van der Waals surface area contributed by atoms with Crippen LogP contribution in [0.2, 0.25) is 0 Å². The summed E-state index contributed by atoms with van der Waals surface area (Å²) in [6.45, 7) is 2.05. The lowest BCUT2D eigenvalue weighted by Gasteiger charge is -2.31. The van der Waals surface area contributed by atoms with E-state index in [1.807, 2.05) is 25.1 Å². The maximum atomic E-state index is 11.9. The minimum Gasteiger partial charge on any atom is -0.386 e. The van der Waals surface area contributed by atoms with Crippen LogP contribution in [0, 0.1) is 0 Å². The van der Waals surface area contributed by atoms with Crippen molar-refractivity contribution in [3.05, 3.63) is 23.8 Å². The Labute approximate surface area is 123 Å². The maximum Gasteiger partial charge on any atom is 0.249 e. The van der Waals surface area contributed by atoms with Crippen molar-refractivity contribution in [3.63, 3.8) is 0 Å². The van der Waals surface area contributed by atoms with Crippen LogP contribution in [-0.2, 0) is 20.8 Å². The molecule has 1 aromatic carbocycles. The van der Waals surface area contributed by atoms with Gasteiger partial charge < -0.3 is 10.2 Å². The molecule has 0 saturated carbocycles. The van der Waals surface area contributed by atoms with Gasteiger partial charge in [0.1, 0.15) is 6.04 Å². The fourth-order valence-electron chi connectivity index (χ4n) is 2.47. The number of hydrogen-bond donors (Lipinski definition) is 2. The second kappa shape index (κ2) is 6.39. The van der Waals surface area contributed by atoms with Crippen LogP contribution in [0.25, 0.3) is 0 Å². The van der Waals surface area contributed by atoms with Gasteiger partial charge in [-0.05, 0) is 30.5 Å². The molecule has 0 bridgehead atoms. The quantitative estimate of drug-likeness (QED) is 0.627. The molecule has 1 saturated heterocycles. The van der Waals surface area contributed by atoms with Crippen LogP contribution < -0.4 is 15.5 Å². The molecule has 1 fully saturated rings. The number of imide groups is 1. The summed E-state index contributed by atoms with van der Waals surface area (Å²) >= 11 is 0. The van der Waals surface area contributed by atoms with Crippen LogP contribution in [0.1, 0.15) is 25.3 Å². The summed E-state index contributed by atoms with van der Waals surface area (Å²) in [5, 5.41) is 5.32. The smallest absolute Gasteiger partial charge is 0.249 e. The van der Waals surface area contributed by atoms with Crippen molar-refractivity contribution in [2.24, 2.45) is 0 Å². The molecule has 1 aliphatic heterocycles. The highest BCUT2D eigenvalue weighted by Gasteiger charge is 2.32. The number of rotatable bonds is 5. The van der Waals surface area contributed by atoms with Crippen molar-refractivity contribution in [2.45, 2.75) is 32.2 Å². The van der Waals surface area contributed by atoms with Gasteiger partial charge in [-0.1, -0.05) is 13.0 Å². The molecule has 1 aromatic rings. The summed E-state index contributed by atoms with van der Waals surface area (Å²) in [5.74, 6) is -0.725. The summed E-state index contributed by atoms with van der Waals surface area (Å²) in [4.78, 5) is 36.0. The molecule has 1 atom stereocenters. The van der Waals surface area contributed by atoms with E-state index in [9.17, 15) is 14.4 Å². The third-order valence-electron chi connectivity index (χ3n) is 3.68. The summed E-state index contributed by atoms with van der Waals surface area (Å²) in [6.07, 6.45) is 2.10. The van der Waals surface area contributed by atoms with Gasteiger partial charge in [-0.2, -0.15) is 0 Å². The van der Waals surface area contributed by atoms with Crippen molar-refractivity contribution in [3.8, 4) is 0 Å². The Hall–Kier alpha value is -2.37. The van der Waals surface area contributed by atoms with Gasteiger partial charge in [-0.25, -0.2) is 0 Å². The van der Waals surface area contributed by atoms with Crippen molar-refractivity contribution in [1.82, 2.24) is 5.32 Å². The number of nitrogens with one attached hydrogen (secondary N) is 2. The van der Waals surface area contributed by atoms with Crippen LogP contribution in [0.4, 0.5) is 11.4 Å². The number of nitrogens with zero attached hydrogens (tertiary/aromatic N) is 1. The number of aryl methyl sites for hydroxylation is 1. The molecule has 1 aliphatic rings. The molecule has 1 unspecified atom stereocenters. The third kappa shape index (κ3) is 3.04. The normalized spacial score (nSPS) is 18.1. The number of benzene rings is 1. The second-order valence-electron chi connectivity index (χ2n) is 4.93. The van der Waals surface area contributed by atoms with Gasteiger partial charge in [0.2, 0.25) is 18.2 Å². The molecule has 1 heterocycles.